The molecule has 2 amide bonds. The minimum atomic E-state index is -0.320. The molecule has 0 atom stereocenters. The summed E-state index contributed by atoms with van der Waals surface area (Å²) >= 11 is 0. The molecule has 3 rings (SSSR count). The van der Waals surface area contributed by atoms with E-state index in [1.165, 1.54) is 0 Å². The predicted octanol–water partition coefficient (Wildman–Crippen LogP) is 3.13. The molecule has 0 bridgehead atoms. The van der Waals surface area contributed by atoms with Gasteiger partial charge in [0, 0.05) is 44.6 Å². The highest BCUT2D eigenvalue weighted by Crippen LogP contribution is 2.17. The highest BCUT2D eigenvalue weighted by molar-refractivity contribution is 5.95. The van der Waals surface area contributed by atoms with E-state index in [-0.39, 0.29) is 18.6 Å². The van der Waals surface area contributed by atoms with E-state index >= 15 is 0 Å². The van der Waals surface area contributed by atoms with E-state index in [9.17, 15) is 9.59 Å². The Balaban J connectivity index is 1.57. The van der Waals surface area contributed by atoms with E-state index < -0.39 is 0 Å². The second kappa shape index (κ2) is 8.29. The summed E-state index contributed by atoms with van der Waals surface area (Å²) in [6.07, 6.45) is 0.428. The third-order valence-corrected chi connectivity index (χ3v) is 5.25. The van der Waals surface area contributed by atoms with E-state index in [0.29, 0.717) is 26.2 Å². The Morgan fingerprint density at radius 2 is 1.67 bits per heavy atom. The molecular weight excluding hydrogens is 342 g/mol. The molecule has 144 valence electrons. The molecule has 0 saturated carbocycles. The van der Waals surface area contributed by atoms with Gasteiger partial charge in [0.1, 0.15) is 6.61 Å². The fourth-order valence-electron chi connectivity index (χ4n) is 3.36. The van der Waals surface area contributed by atoms with Gasteiger partial charge in [-0.15, -0.1) is 0 Å². The normalized spacial score (nSPS) is 14.8. The summed E-state index contributed by atoms with van der Waals surface area (Å²) in [4.78, 5) is 28.8. The van der Waals surface area contributed by atoms with Gasteiger partial charge in [0.15, 0.2) is 0 Å². The van der Waals surface area contributed by atoms with Gasteiger partial charge in [-0.05, 0) is 31.9 Å². The molecule has 0 unspecified atom stereocenters. The van der Waals surface area contributed by atoms with Crippen molar-refractivity contribution in [2.24, 2.45) is 7.05 Å². The zero-order chi connectivity index (χ0) is 19.4. The quantitative estimate of drug-likeness (QED) is 0.835. The van der Waals surface area contributed by atoms with Crippen LogP contribution in [0, 0.1) is 13.8 Å². The first kappa shape index (κ1) is 19.0. The average Bonchev–Trinajstić information content (AvgIpc) is 2.87. The van der Waals surface area contributed by atoms with Crippen molar-refractivity contribution >= 4 is 12.0 Å². The van der Waals surface area contributed by atoms with Crippen LogP contribution in [-0.4, -0.2) is 52.5 Å². The fourth-order valence-corrected chi connectivity index (χ4v) is 3.36. The van der Waals surface area contributed by atoms with E-state index in [4.69, 9.17) is 4.74 Å². The maximum Gasteiger partial charge on any atom is 0.410 e. The maximum atomic E-state index is 12.9. The Labute approximate surface area is 160 Å². The van der Waals surface area contributed by atoms with Gasteiger partial charge in [0.25, 0.3) is 5.91 Å². The third-order valence-electron chi connectivity index (χ3n) is 5.25. The van der Waals surface area contributed by atoms with Crippen LogP contribution in [0.4, 0.5) is 4.79 Å². The Kier molecular flexibility index (Phi) is 5.84. The summed E-state index contributed by atoms with van der Waals surface area (Å²) in [7, 11) is 1.97. The van der Waals surface area contributed by atoms with Gasteiger partial charge in [0.2, 0.25) is 0 Å². The van der Waals surface area contributed by atoms with Gasteiger partial charge in [0.05, 0.1) is 5.56 Å². The zero-order valence-electron chi connectivity index (χ0n) is 16.3. The lowest BCUT2D eigenvalue weighted by atomic mass is 10.2. The number of rotatable bonds is 3. The molecule has 2 heterocycles. The molecule has 2 aromatic rings. The fraction of sp³-hybridized carbons (Fsp3) is 0.429. The van der Waals surface area contributed by atoms with Crippen molar-refractivity contribution in [2.45, 2.75) is 26.9 Å². The lowest BCUT2D eigenvalue weighted by Gasteiger charge is -2.22. The summed E-state index contributed by atoms with van der Waals surface area (Å²) in [6, 6.07) is 11.6. The van der Waals surface area contributed by atoms with E-state index in [0.717, 1.165) is 28.9 Å². The smallest absolute Gasteiger partial charge is 0.410 e. The van der Waals surface area contributed by atoms with Gasteiger partial charge in [-0.2, -0.15) is 0 Å². The van der Waals surface area contributed by atoms with E-state index in [2.05, 4.69) is 0 Å². The van der Waals surface area contributed by atoms with Crippen molar-refractivity contribution in [2.75, 3.05) is 26.2 Å². The van der Waals surface area contributed by atoms with Crippen molar-refractivity contribution in [1.82, 2.24) is 14.4 Å². The molecule has 0 N–H and O–H groups in total. The molecule has 0 radical (unpaired) electrons. The Morgan fingerprint density at radius 3 is 2.33 bits per heavy atom. The Hall–Kier alpha value is -2.76. The van der Waals surface area contributed by atoms with Crippen molar-refractivity contribution in [3.05, 3.63) is 58.9 Å². The number of hydrogen-bond donors (Lipinski definition) is 0. The van der Waals surface area contributed by atoms with Crippen molar-refractivity contribution in [1.29, 1.82) is 0 Å². The number of hydrogen-bond acceptors (Lipinski definition) is 3. The average molecular weight is 369 g/mol. The van der Waals surface area contributed by atoms with Gasteiger partial charge in [-0.1, -0.05) is 30.3 Å². The number of amides is 2. The molecule has 6 nitrogen and oxygen atoms in total. The Morgan fingerprint density at radius 1 is 1.00 bits per heavy atom. The van der Waals surface area contributed by atoms with Crippen LogP contribution >= 0.6 is 0 Å². The molecule has 1 aromatic heterocycles. The number of carbonyl (C=O) groups is 2. The lowest BCUT2D eigenvalue weighted by molar-refractivity contribution is 0.0748. The van der Waals surface area contributed by atoms with Crippen molar-refractivity contribution in [3.63, 3.8) is 0 Å². The van der Waals surface area contributed by atoms with Gasteiger partial charge in [-0.25, -0.2) is 4.79 Å². The van der Waals surface area contributed by atoms with Gasteiger partial charge >= 0.3 is 6.09 Å². The summed E-state index contributed by atoms with van der Waals surface area (Å²) < 4.78 is 7.45. The topological polar surface area (TPSA) is 54.8 Å². The molecule has 0 spiro atoms. The summed E-state index contributed by atoms with van der Waals surface area (Å²) in [5, 5.41) is 0. The van der Waals surface area contributed by atoms with E-state index in [1.54, 1.807) is 4.90 Å². The molecule has 27 heavy (non-hydrogen) atoms. The number of aryl methyl sites for hydroxylation is 1. The lowest BCUT2D eigenvalue weighted by Crippen LogP contribution is -2.37. The summed E-state index contributed by atoms with van der Waals surface area (Å²) in [5.41, 5.74) is 3.75. The SMILES string of the molecule is Cc1cc(C(=O)N2CCCN(C(=O)OCc3ccccc3)CC2)c(C)n1C. The number of benzene rings is 1. The Bertz CT molecular complexity index is 814. The number of ether oxygens (including phenoxy) is 1. The van der Waals surface area contributed by atoms with Crippen LogP contribution in [0.1, 0.15) is 33.7 Å². The molecule has 1 aromatic carbocycles. The highest BCUT2D eigenvalue weighted by Gasteiger charge is 2.25. The van der Waals surface area contributed by atoms with Crippen LogP contribution < -0.4 is 0 Å². The van der Waals surface area contributed by atoms with Crippen LogP contribution in [0.15, 0.2) is 36.4 Å². The second-order valence-corrected chi connectivity index (χ2v) is 7.02. The van der Waals surface area contributed by atoms with Crippen molar-refractivity contribution < 1.29 is 14.3 Å². The van der Waals surface area contributed by atoms with Crippen LogP contribution in [0.3, 0.4) is 0 Å². The summed E-state index contributed by atoms with van der Waals surface area (Å²) in [6.45, 7) is 6.49. The predicted molar refractivity (Wildman–Crippen MR) is 104 cm³/mol. The van der Waals surface area contributed by atoms with E-state index in [1.807, 2.05) is 66.8 Å². The summed E-state index contributed by atoms with van der Waals surface area (Å²) in [5.74, 6) is 0.0377. The molecular formula is C21H27N3O3. The largest absolute Gasteiger partial charge is 0.445 e. The first-order valence-electron chi connectivity index (χ1n) is 9.35. The minimum absolute atomic E-state index is 0.0377. The monoisotopic (exact) mass is 369 g/mol. The van der Waals surface area contributed by atoms with Gasteiger partial charge in [-0.3, -0.25) is 4.79 Å². The maximum absolute atomic E-state index is 12.9. The molecule has 1 aliphatic rings. The second-order valence-electron chi connectivity index (χ2n) is 7.02. The number of nitrogens with zero attached hydrogens (tertiary/aromatic N) is 3. The number of aromatic nitrogens is 1. The first-order valence-corrected chi connectivity index (χ1v) is 9.35. The first-order chi connectivity index (χ1) is 13.0. The number of carbonyl (C=O) groups excluding carboxylic acids is 2. The van der Waals surface area contributed by atoms with Crippen molar-refractivity contribution in [3.8, 4) is 0 Å². The zero-order valence-corrected chi connectivity index (χ0v) is 16.3. The molecule has 6 heteroatoms. The van der Waals surface area contributed by atoms with Crippen LogP contribution in [0.5, 0.6) is 0 Å². The minimum Gasteiger partial charge on any atom is -0.445 e. The molecule has 1 aliphatic heterocycles. The molecule has 1 fully saturated rings. The molecule has 0 aliphatic carbocycles. The standard InChI is InChI=1S/C21H27N3O3/c1-16-14-19(17(2)22(16)3)20(25)23-10-7-11-24(13-12-23)21(26)27-15-18-8-5-4-6-9-18/h4-6,8-9,14H,7,10-13,15H2,1-3H3. The van der Waals surface area contributed by atoms with Crippen LogP contribution in [-0.2, 0) is 18.4 Å². The van der Waals surface area contributed by atoms with Gasteiger partial charge < -0.3 is 19.1 Å². The van der Waals surface area contributed by atoms with Crippen LogP contribution in [0.2, 0.25) is 0 Å². The molecule has 1 saturated heterocycles. The highest BCUT2D eigenvalue weighted by atomic mass is 16.6. The third kappa shape index (κ3) is 4.32. The van der Waals surface area contributed by atoms with Crippen LogP contribution in [0.25, 0.3) is 0 Å².